The fraction of sp³-hybridized carbons (Fsp3) is 0.588. The van der Waals surface area contributed by atoms with Gasteiger partial charge in [-0.25, -0.2) is 0 Å². The Kier molecular flexibility index (Phi) is 6.21. The average Bonchev–Trinajstić information content (AvgIpc) is 2.56. The van der Waals surface area contributed by atoms with E-state index in [0.717, 1.165) is 31.4 Å². The molecule has 1 amide bonds. The van der Waals surface area contributed by atoms with Crippen LogP contribution >= 0.6 is 0 Å². The van der Waals surface area contributed by atoms with E-state index in [1.807, 2.05) is 37.3 Å². The molecule has 1 fully saturated rings. The maximum absolute atomic E-state index is 12.7. The van der Waals surface area contributed by atoms with E-state index >= 15 is 0 Å². The molecule has 1 aromatic rings. The second-order valence-electron chi connectivity index (χ2n) is 5.37. The van der Waals surface area contributed by atoms with Crippen LogP contribution in [-0.2, 0) is 19.7 Å². The smallest absolute Gasteiger partial charge is 0.230 e. The van der Waals surface area contributed by atoms with Gasteiger partial charge in [0.2, 0.25) is 5.91 Å². The number of benzene rings is 1. The first-order valence-electron chi connectivity index (χ1n) is 7.79. The van der Waals surface area contributed by atoms with Crippen LogP contribution in [0.2, 0.25) is 0 Å². The molecule has 4 nitrogen and oxygen atoms in total. The normalized spacial score (nSPS) is 17.4. The zero-order chi connectivity index (χ0) is 15.0. The highest BCUT2D eigenvalue weighted by Gasteiger charge is 2.41. The summed E-state index contributed by atoms with van der Waals surface area (Å²) < 4.78 is 10.8. The van der Waals surface area contributed by atoms with Gasteiger partial charge in [0, 0.05) is 33.0 Å². The Labute approximate surface area is 126 Å². The summed E-state index contributed by atoms with van der Waals surface area (Å²) >= 11 is 0. The van der Waals surface area contributed by atoms with Crippen LogP contribution in [-0.4, -0.2) is 38.9 Å². The summed E-state index contributed by atoms with van der Waals surface area (Å²) in [6, 6.07) is 10.1. The standard InChI is InChI=1S/C17H25NO3/c1-2-20-12-6-11-18-16(19)17(9-13-21-14-10-17)15-7-4-3-5-8-15/h3-5,7-8H,2,6,9-14H2,1H3,(H,18,19). The first-order chi connectivity index (χ1) is 10.3. The lowest BCUT2D eigenvalue weighted by Gasteiger charge is -2.36. The summed E-state index contributed by atoms with van der Waals surface area (Å²) in [4.78, 5) is 12.7. The molecule has 1 saturated heterocycles. The highest BCUT2D eigenvalue weighted by atomic mass is 16.5. The van der Waals surface area contributed by atoms with E-state index in [9.17, 15) is 4.79 Å². The quantitative estimate of drug-likeness (QED) is 0.784. The topological polar surface area (TPSA) is 47.6 Å². The largest absolute Gasteiger partial charge is 0.382 e. The molecule has 2 rings (SSSR count). The molecule has 4 heteroatoms. The van der Waals surface area contributed by atoms with Gasteiger partial charge in [0.15, 0.2) is 0 Å². The summed E-state index contributed by atoms with van der Waals surface area (Å²) in [5.41, 5.74) is 0.654. The molecule has 1 aliphatic heterocycles. The third-order valence-corrected chi connectivity index (χ3v) is 4.06. The van der Waals surface area contributed by atoms with Crippen LogP contribution in [0.3, 0.4) is 0 Å². The van der Waals surface area contributed by atoms with Crippen molar-refractivity contribution in [2.45, 2.75) is 31.6 Å². The van der Waals surface area contributed by atoms with Crippen LogP contribution in [0.4, 0.5) is 0 Å². The van der Waals surface area contributed by atoms with E-state index in [0.29, 0.717) is 26.4 Å². The zero-order valence-electron chi connectivity index (χ0n) is 12.8. The predicted molar refractivity (Wildman–Crippen MR) is 82.3 cm³/mol. The van der Waals surface area contributed by atoms with E-state index in [4.69, 9.17) is 9.47 Å². The minimum atomic E-state index is -0.439. The summed E-state index contributed by atoms with van der Waals surface area (Å²) in [7, 11) is 0. The average molecular weight is 291 g/mol. The fourth-order valence-corrected chi connectivity index (χ4v) is 2.81. The molecule has 0 aliphatic carbocycles. The third-order valence-electron chi connectivity index (χ3n) is 4.06. The highest BCUT2D eigenvalue weighted by molar-refractivity contribution is 5.88. The Hall–Kier alpha value is -1.39. The SMILES string of the molecule is CCOCCCNC(=O)C1(c2ccccc2)CCOCC1. The number of hydrogen-bond acceptors (Lipinski definition) is 3. The van der Waals surface area contributed by atoms with Crippen LogP contribution in [0.5, 0.6) is 0 Å². The monoisotopic (exact) mass is 291 g/mol. The van der Waals surface area contributed by atoms with E-state index in [-0.39, 0.29) is 5.91 Å². The van der Waals surface area contributed by atoms with Crippen LogP contribution in [0.25, 0.3) is 0 Å². The summed E-state index contributed by atoms with van der Waals surface area (Å²) in [5.74, 6) is 0.119. The van der Waals surface area contributed by atoms with Gasteiger partial charge in [0.25, 0.3) is 0 Å². The maximum atomic E-state index is 12.7. The number of amides is 1. The van der Waals surface area contributed by atoms with E-state index < -0.39 is 5.41 Å². The second-order valence-corrected chi connectivity index (χ2v) is 5.37. The van der Waals surface area contributed by atoms with Gasteiger partial charge in [-0.15, -0.1) is 0 Å². The highest BCUT2D eigenvalue weighted by Crippen LogP contribution is 2.35. The van der Waals surface area contributed by atoms with Crippen molar-refractivity contribution in [3.8, 4) is 0 Å². The second kappa shape index (κ2) is 8.15. The van der Waals surface area contributed by atoms with Crippen molar-refractivity contribution in [2.75, 3.05) is 33.0 Å². The van der Waals surface area contributed by atoms with Gasteiger partial charge in [0.1, 0.15) is 0 Å². The van der Waals surface area contributed by atoms with Gasteiger partial charge in [-0.2, -0.15) is 0 Å². The number of carbonyl (C=O) groups is 1. The Bertz CT molecular complexity index is 427. The molecule has 0 bridgehead atoms. The van der Waals surface area contributed by atoms with Crippen LogP contribution in [0.1, 0.15) is 31.7 Å². The van der Waals surface area contributed by atoms with Gasteiger partial charge in [-0.05, 0) is 31.7 Å². The van der Waals surface area contributed by atoms with Crippen molar-refractivity contribution in [1.82, 2.24) is 5.32 Å². The van der Waals surface area contributed by atoms with Crippen LogP contribution < -0.4 is 5.32 Å². The van der Waals surface area contributed by atoms with Gasteiger partial charge >= 0.3 is 0 Å². The molecule has 1 heterocycles. The lowest BCUT2D eigenvalue weighted by atomic mass is 9.73. The lowest BCUT2D eigenvalue weighted by molar-refractivity contribution is -0.130. The van der Waals surface area contributed by atoms with Crippen molar-refractivity contribution in [2.24, 2.45) is 0 Å². The number of nitrogens with one attached hydrogen (secondary N) is 1. The molecule has 1 N–H and O–H groups in total. The minimum absolute atomic E-state index is 0.119. The molecule has 1 aliphatic rings. The van der Waals surface area contributed by atoms with E-state index in [1.165, 1.54) is 0 Å². The minimum Gasteiger partial charge on any atom is -0.382 e. The molecule has 0 aromatic heterocycles. The maximum Gasteiger partial charge on any atom is 0.230 e. The first-order valence-corrected chi connectivity index (χ1v) is 7.79. The summed E-state index contributed by atoms with van der Waals surface area (Å²) in [5, 5.41) is 3.08. The molecular weight excluding hydrogens is 266 g/mol. The van der Waals surface area contributed by atoms with Crippen LogP contribution in [0.15, 0.2) is 30.3 Å². The van der Waals surface area contributed by atoms with Crippen molar-refractivity contribution >= 4 is 5.91 Å². The van der Waals surface area contributed by atoms with Gasteiger partial charge in [-0.3, -0.25) is 4.79 Å². The van der Waals surface area contributed by atoms with Crippen LogP contribution in [0, 0.1) is 0 Å². The van der Waals surface area contributed by atoms with Gasteiger partial charge in [0.05, 0.1) is 5.41 Å². The zero-order valence-corrected chi connectivity index (χ0v) is 12.8. The Morgan fingerprint density at radius 3 is 2.67 bits per heavy atom. The summed E-state index contributed by atoms with van der Waals surface area (Å²) in [6.07, 6.45) is 2.34. The first kappa shape index (κ1) is 16.0. The van der Waals surface area contributed by atoms with Crippen molar-refractivity contribution in [3.05, 3.63) is 35.9 Å². The van der Waals surface area contributed by atoms with Gasteiger partial charge < -0.3 is 14.8 Å². The van der Waals surface area contributed by atoms with Crippen molar-refractivity contribution in [1.29, 1.82) is 0 Å². The Morgan fingerprint density at radius 1 is 1.29 bits per heavy atom. The number of rotatable bonds is 7. The molecule has 116 valence electrons. The Morgan fingerprint density at radius 2 is 2.00 bits per heavy atom. The molecule has 0 spiro atoms. The van der Waals surface area contributed by atoms with Crippen molar-refractivity contribution in [3.63, 3.8) is 0 Å². The predicted octanol–water partition coefficient (Wildman–Crippen LogP) is 2.28. The molecule has 0 radical (unpaired) electrons. The van der Waals surface area contributed by atoms with Gasteiger partial charge in [-0.1, -0.05) is 30.3 Å². The van der Waals surface area contributed by atoms with E-state index in [1.54, 1.807) is 0 Å². The molecule has 0 atom stereocenters. The Balaban J connectivity index is 2.01. The lowest BCUT2D eigenvalue weighted by Crippen LogP contribution is -2.48. The molecule has 0 unspecified atom stereocenters. The third kappa shape index (κ3) is 4.05. The number of hydrogen-bond donors (Lipinski definition) is 1. The number of carbonyl (C=O) groups excluding carboxylic acids is 1. The van der Waals surface area contributed by atoms with Crippen molar-refractivity contribution < 1.29 is 14.3 Å². The summed E-state index contributed by atoms with van der Waals surface area (Å²) in [6.45, 7) is 5.33. The fourth-order valence-electron chi connectivity index (χ4n) is 2.81. The molecule has 1 aromatic carbocycles. The number of ether oxygens (including phenoxy) is 2. The molecule has 21 heavy (non-hydrogen) atoms. The molecular formula is C17H25NO3. The van der Waals surface area contributed by atoms with E-state index in [2.05, 4.69) is 5.32 Å². The molecule has 0 saturated carbocycles.